The van der Waals surface area contributed by atoms with Gasteiger partial charge in [-0.1, -0.05) is 12.1 Å². The third-order valence-corrected chi connectivity index (χ3v) is 4.76. The third kappa shape index (κ3) is 3.40. The van der Waals surface area contributed by atoms with Crippen LogP contribution in [0.4, 0.5) is 0 Å². The molecule has 2 aromatic heterocycles. The molecule has 0 bridgehead atoms. The Morgan fingerprint density at radius 3 is 2.74 bits per heavy atom. The molecule has 0 unspecified atom stereocenters. The molecule has 1 N–H and O–H groups in total. The molecule has 0 aliphatic carbocycles. The SMILES string of the molecule is O=C(O)Cn1c(=O)c(/C=C/c2ccc(Br)s2)nc2ccccc21. The Kier molecular flexibility index (Phi) is 4.40. The highest BCUT2D eigenvalue weighted by Gasteiger charge is 2.11. The lowest BCUT2D eigenvalue weighted by Crippen LogP contribution is -2.27. The van der Waals surface area contributed by atoms with Gasteiger partial charge in [0.2, 0.25) is 0 Å². The Hall–Kier alpha value is -2.25. The van der Waals surface area contributed by atoms with Gasteiger partial charge in [0.15, 0.2) is 0 Å². The van der Waals surface area contributed by atoms with Crippen LogP contribution in [0.3, 0.4) is 0 Å². The first-order chi connectivity index (χ1) is 11.0. The van der Waals surface area contributed by atoms with Gasteiger partial charge in [-0.05, 0) is 52.3 Å². The number of nitrogens with zero attached hydrogens (tertiary/aromatic N) is 2. The summed E-state index contributed by atoms with van der Waals surface area (Å²) >= 11 is 4.91. The highest BCUT2D eigenvalue weighted by molar-refractivity contribution is 9.11. The van der Waals surface area contributed by atoms with E-state index in [1.54, 1.807) is 36.4 Å². The van der Waals surface area contributed by atoms with Crippen LogP contribution in [0.2, 0.25) is 0 Å². The molecule has 7 heteroatoms. The molecule has 0 radical (unpaired) electrons. The lowest BCUT2D eigenvalue weighted by Gasteiger charge is -2.08. The van der Waals surface area contributed by atoms with Crippen LogP contribution in [0.1, 0.15) is 10.6 Å². The zero-order valence-electron chi connectivity index (χ0n) is 11.8. The number of rotatable bonds is 4. The normalized spacial score (nSPS) is 11.3. The van der Waals surface area contributed by atoms with Crippen molar-refractivity contribution in [1.29, 1.82) is 0 Å². The fraction of sp³-hybridized carbons (Fsp3) is 0.0625. The van der Waals surface area contributed by atoms with E-state index in [-0.39, 0.29) is 5.69 Å². The molecule has 23 heavy (non-hydrogen) atoms. The van der Waals surface area contributed by atoms with Gasteiger partial charge in [0.05, 0.1) is 14.8 Å². The molecule has 3 rings (SSSR count). The fourth-order valence-electron chi connectivity index (χ4n) is 2.19. The minimum Gasteiger partial charge on any atom is -0.480 e. The molecule has 116 valence electrons. The monoisotopic (exact) mass is 390 g/mol. The van der Waals surface area contributed by atoms with Crippen molar-refractivity contribution in [2.75, 3.05) is 0 Å². The zero-order valence-corrected chi connectivity index (χ0v) is 14.2. The van der Waals surface area contributed by atoms with Crippen molar-refractivity contribution >= 4 is 56.4 Å². The Morgan fingerprint density at radius 1 is 1.26 bits per heavy atom. The van der Waals surface area contributed by atoms with Crippen LogP contribution in [0.15, 0.2) is 45.0 Å². The van der Waals surface area contributed by atoms with Crippen molar-refractivity contribution in [2.24, 2.45) is 0 Å². The molecular weight excluding hydrogens is 380 g/mol. The molecule has 0 aliphatic rings. The van der Waals surface area contributed by atoms with Crippen LogP contribution in [0, 0.1) is 0 Å². The minimum absolute atomic E-state index is 0.217. The number of halogens is 1. The summed E-state index contributed by atoms with van der Waals surface area (Å²) in [6.07, 6.45) is 3.41. The Bertz CT molecular complexity index is 975. The van der Waals surface area contributed by atoms with Crippen LogP contribution in [-0.2, 0) is 11.3 Å². The number of hydrogen-bond donors (Lipinski definition) is 1. The maximum atomic E-state index is 12.5. The number of thiophene rings is 1. The van der Waals surface area contributed by atoms with Crippen LogP contribution in [-0.4, -0.2) is 20.6 Å². The molecule has 0 atom stereocenters. The Morgan fingerprint density at radius 2 is 2.04 bits per heavy atom. The number of aromatic nitrogens is 2. The number of benzene rings is 1. The molecular formula is C16H11BrN2O3S. The second-order valence-corrected chi connectivity index (χ2v) is 7.24. The lowest BCUT2D eigenvalue weighted by molar-refractivity contribution is -0.137. The summed E-state index contributed by atoms with van der Waals surface area (Å²) < 4.78 is 2.22. The van der Waals surface area contributed by atoms with Gasteiger partial charge in [0.1, 0.15) is 12.2 Å². The highest BCUT2D eigenvalue weighted by atomic mass is 79.9. The number of fused-ring (bicyclic) bond motifs is 1. The van der Waals surface area contributed by atoms with Crippen LogP contribution in [0.5, 0.6) is 0 Å². The van der Waals surface area contributed by atoms with Crippen molar-refractivity contribution in [3.63, 3.8) is 0 Å². The number of carbonyl (C=O) groups is 1. The first kappa shape index (κ1) is 15.6. The summed E-state index contributed by atoms with van der Waals surface area (Å²) in [7, 11) is 0. The highest BCUT2D eigenvalue weighted by Crippen LogP contribution is 2.23. The molecule has 0 saturated carbocycles. The van der Waals surface area contributed by atoms with Crippen molar-refractivity contribution in [1.82, 2.24) is 9.55 Å². The van der Waals surface area contributed by atoms with Gasteiger partial charge in [0.25, 0.3) is 5.56 Å². The standard InChI is InChI=1S/C16H11BrN2O3S/c17-14-8-6-10(23-14)5-7-12-16(22)19(9-15(20)21)13-4-2-1-3-11(13)18-12/h1-8H,9H2,(H,20,21)/b7-5+. The molecule has 2 heterocycles. The molecule has 0 amide bonds. The van der Waals surface area contributed by atoms with E-state index in [2.05, 4.69) is 20.9 Å². The summed E-state index contributed by atoms with van der Waals surface area (Å²) in [6, 6.07) is 10.8. The number of hydrogen-bond acceptors (Lipinski definition) is 4. The topological polar surface area (TPSA) is 72.2 Å². The van der Waals surface area contributed by atoms with Crippen molar-refractivity contribution < 1.29 is 9.90 Å². The molecule has 3 aromatic rings. The van der Waals surface area contributed by atoms with Gasteiger partial charge in [-0.2, -0.15) is 0 Å². The summed E-state index contributed by atoms with van der Waals surface area (Å²) in [5.41, 5.74) is 0.892. The molecule has 0 aliphatic heterocycles. The number of aliphatic carboxylic acids is 1. The number of carboxylic acids is 1. The average Bonchev–Trinajstić information content (AvgIpc) is 2.94. The maximum Gasteiger partial charge on any atom is 0.323 e. The quantitative estimate of drug-likeness (QED) is 0.739. The van der Waals surface area contributed by atoms with Crippen molar-refractivity contribution in [2.45, 2.75) is 6.54 Å². The van der Waals surface area contributed by atoms with E-state index >= 15 is 0 Å². The summed E-state index contributed by atoms with van der Waals surface area (Å²) in [5, 5.41) is 9.05. The second kappa shape index (κ2) is 6.47. The second-order valence-electron chi connectivity index (χ2n) is 4.75. The predicted octanol–water partition coefficient (Wildman–Crippen LogP) is 3.48. The Labute approximate surface area is 143 Å². The number of carboxylic acid groups (broad SMARTS) is 1. The lowest BCUT2D eigenvalue weighted by atomic mass is 10.2. The maximum absolute atomic E-state index is 12.5. The Balaban J connectivity index is 2.13. The van der Waals surface area contributed by atoms with Gasteiger partial charge >= 0.3 is 5.97 Å². The molecule has 0 saturated heterocycles. The fourth-order valence-corrected chi connectivity index (χ4v) is 3.52. The number of para-hydroxylation sites is 2. The van der Waals surface area contributed by atoms with E-state index in [4.69, 9.17) is 5.11 Å². The first-order valence-electron chi connectivity index (χ1n) is 6.69. The van der Waals surface area contributed by atoms with Crippen LogP contribution >= 0.6 is 27.3 Å². The van der Waals surface area contributed by atoms with Gasteiger partial charge < -0.3 is 5.11 Å². The van der Waals surface area contributed by atoms with E-state index in [0.717, 1.165) is 8.66 Å². The summed E-state index contributed by atoms with van der Waals surface area (Å²) in [6.45, 7) is -0.396. The summed E-state index contributed by atoms with van der Waals surface area (Å²) in [5.74, 6) is -1.07. The zero-order chi connectivity index (χ0) is 16.4. The van der Waals surface area contributed by atoms with E-state index in [9.17, 15) is 9.59 Å². The minimum atomic E-state index is -1.07. The predicted molar refractivity (Wildman–Crippen MR) is 94.6 cm³/mol. The van der Waals surface area contributed by atoms with Gasteiger partial charge in [-0.25, -0.2) is 4.98 Å². The molecule has 0 fully saturated rings. The smallest absolute Gasteiger partial charge is 0.323 e. The van der Waals surface area contributed by atoms with E-state index < -0.39 is 18.1 Å². The van der Waals surface area contributed by atoms with Crippen LogP contribution < -0.4 is 5.56 Å². The molecule has 5 nitrogen and oxygen atoms in total. The van der Waals surface area contributed by atoms with E-state index in [1.165, 1.54) is 15.9 Å². The van der Waals surface area contributed by atoms with Crippen LogP contribution in [0.25, 0.3) is 23.2 Å². The molecule has 1 aromatic carbocycles. The molecule has 0 spiro atoms. The first-order valence-corrected chi connectivity index (χ1v) is 8.30. The van der Waals surface area contributed by atoms with Gasteiger partial charge in [-0.15, -0.1) is 11.3 Å². The largest absolute Gasteiger partial charge is 0.480 e. The van der Waals surface area contributed by atoms with E-state index in [0.29, 0.717) is 11.0 Å². The van der Waals surface area contributed by atoms with Crippen molar-refractivity contribution in [3.8, 4) is 0 Å². The van der Waals surface area contributed by atoms with Gasteiger partial charge in [0, 0.05) is 4.88 Å². The summed E-state index contributed by atoms with van der Waals surface area (Å²) in [4.78, 5) is 28.9. The van der Waals surface area contributed by atoms with Crippen molar-refractivity contribution in [3.05, 3.63) is 61.1 Å². The van der Waals surface area contributed by atoms with Gasteiger partial charge in [-0.3, -0.25) is 14.2 Å². The average molecular weight is 391 g/mol. The van der Waals surface area contributed by atoms with E-state index in [1.807, 2.05) is 12.1 Å². The third-order valence-electron chi connectivity index (χ3n) is 3.17.